The van der Waals surface area contributed by atoms with E-state index in [4.69, 9.17) is 0 Å². The van der Waals surface area contributed by atoms with E-state index in [2.05, 4.69) is 0 Å². The third kappa shape index (κ3) is 3.19. The van der Waals surface area contributed by atoms with Gasteiger partial charge in [0.25, 0.3) is 11.1 Å². The number of amides is 2. The Morgan fingerprint density at radius 3 is 2.52 bits per heavy atom. The van der Waals surface area contributed by atoms with Crippen LogP contribution in [0.3, 0.4) is 0 Å². The molecule has 2 aromatic rings. The average Bonchev–Trinajstić information content (AvgIpc) is 2.81. The van der Waals surface area contributed by atoms with E-state index in [1.54, 1.807) is 24.3 Å². The minimum Gasteiger partial charge on any atom is -0.268 e. The summed E-state index contributed by atoms with van der Waals surface area (Å²) in [7, 11) is 0. The van der Waals surface area contributed by atoms with Crippen LogP contribution in [0.5, 0.6) is 0 Å². The summed E-state index contributed by atoms with van der Waals surface area (Å²) in [5.74, 6) is -0.762. The van der Waals surface area contributed by atoms with E-state index in [0.717, 1.165) is 28.6 Å². The number of carbonyl (C=O) groups excluding carboxylic acids is 2. The summed E-state index contributed by atoms with van der Waals surface area (Å²) in [5.41, 5.74) is 2.24. The van der Waals surface area contributed by atoms with Crippen LogP contribution in [0.15, 0.2) is 53.4 Å². The number of hydrogen-bond acceptors (Lipinski definition) is 3. The minimum absolute atomic E-state index is 0.292. The van der Waals surface area contributed by atoms with Gasteiger partial charge < -0.3 is 0 Å². The van der Waals surface area contributed by atoms with Crippen LogP contribution in [-0.2, 0) is 11.2 Å². The zero-order chi connectivity index (χ0) is 16.4. The fraction of sp³-hybridized carbons (Fsp3) is 0.111. The minimum atomic E-state index is -0.381. The molecule has 1 saturated heterocycles. The first-order chi connectivity index (χ1) is 11.1. The van der Waals surface area contributed by atoms with E-state index in [-0.39, 0.29) is 17.0 Å². The second-order valence-corrected chi connectivity index (χ2v) is 6.09. The highest BCUT2D eigenvalue weighted by Crippen LogP contribution is 2.35. The van der Waals surface area contributed by atoms with Crippen molar-refractivity contribution in [1.29, 1.82) is 0 Å². The van der Waals surface area contributed by atoms with E-state index in [1.807, 2.05) is 19.1 Å². The molecule has 0 saturated carbocycles. The third-order valence-corrected chi connectivity index (χ3v) is 4.41. The second kappa shape index (κ2) is 6.38. The van der Waals surface area contributed by atoms with Gasteiger partial charge in [0.2, 0.25) is 0 Å². The topological polar surface area (TPSA) is 37.4 Å². The first-order valence-electron chi connectivity index (χ1n) is 7.21. The summed E-state index contributed by atoms with van der Waals surface area (Å²) < 4.78 is 13.2. The molecule has 0 aromatic heterocycles. The van der Waals surface area contributed by atoms with Crippen molar-refractivity contribution in [3.63, 3.8) is 0 Å². The number of nitrogens with zero attached hydrogens (tertiary/aromatic N) is 1. The van der Waals surface area contributed by atoms with Crippen molar-refractivity contribution < 1.29 is 14.0 Å². The summed E-state index contributed by atoms with van der Waals surface area (Å²) in [6.45, 7) is 2.04. The Balaban J connectivity index is 1.90. The van der Waals surface area contributed by atoms with Gasteiger partial charge in [0.15, 0.2) is 0 Å². The number of benzene rings is 2. The van der Waals surface area contributed by atoms with Gasteiger partial charge in [0, 0.05) is 0 Å². The number of halogens is 1. The smallest absolute Gasteiger partial charge is 0.268 e. The zero-order valence-corrected chi connectivity index (χ0v) is 13.3. The highest BCUT2D eigenvalue weighted by atomic mass is 32.2. The molecule has 0 bridgehead atoms. The maximum atomic E-state index is 13.2. The summed E-state index contributed by atoms with van der Waals surface area (Å²) in [6, 6.07) is 13.2. The third-order valence-electron chi connectivity index (χ3n) is 3.54. The summed E-state index contributed by atoms with van der Waals surface area (Å²) >= 11 is 0.863. The van der Waals surface area contributed by atoms with E-state index in [0.29, 0.717) is 16.2 Å². The van der Waals surface area contributed by atoms with E-state index in [1.165, 1.54) is 18.2 Å². The van der Waals surface area contributed by atoms with Gasteiger partial charge in [0.1, 0.15) is 5.82 Å². The van der Waals surface area contributed by atoms with E-state index < -0.39 is 0 Å². The van der Waals surface area contributed by atoms with Crippen LogP contribution in [0, 0.1) is 5.82 Å². The van der Waals surface area contributed by atoms with Crippen molar-refractivity contribution in [2.45, 2.75) is 13.3 Å². The molecule has 5 heteroatoms. The first-order valence-corrected chi connectivity index (χ1v) is 8.02. The van der Waals surface area contributed by atoms with Crippen molar-refractivity contribution in [1.82, 2.24) is 0 Å². The van der Waals surface area contributed by atoms with Crippen LogP contribution >= 0.6 is 11.8 Å². The molecule has 0 atom stereocenters. The van der Waals surface area contributed by atoms with Gasteiger partial charge in [-0.1, -0.05) is 31.2 Å². The van der Waals surface area contributed by atoms with Gasteiger partial charge in [-0.15, -0.1) is 0 Å². The lowest BCUT2D eigenvalue weighted by atomic mass is 10.1. The number of hydrogen-bond donors (Lipinski definition) is 0. The molecule has 116 valence electrons. The van der Waals surface area contributed by atoms with Crippen molar-refractivity contribution in [3.8, 4) is 0 Å². The highest BCUT2D eigenvalue weighted by Gasteiger charge is 2.36. The Kier molecular flexibility index (Phi) is 4.30. The largest absolute Gasteiger partial charge is 0.298 e. The fourth-order valence-electron chi connectivity index (χ4n) is 2.32. The fourth-order valence-corrected chi connectivity index (χ4v) is 3.16. The Labute approximate surface area is 137 Å². The molecule has 2 amide bonds. The van der Waals surface area contributed by atoms with Crippen LogP contribution in [0.25, 0.3) is 6.08 Å². The lowest BCUT2D eigenvalue weighted by molar-refractivity contribution is -0.113. The Bertz CT molecular complexity index is 799. The predicted octanol–water partition coefficient (Wildman–Crippen LogP) is 4.63. The quantitative estimate of drug-likeness (QED) is 0.771. The van der Waals surface area contributed by atoms with Crippen LogP contribution in [0.2, 0.25) is 0 Å². The van der Waals surface area contributed by atoms with E-state index in [9.17, 15) is 14.0 Å². The molecule has 0 spiro atoms. The molecule has 3 nitrogen and oxygen atoms in total. The second-order valence-electron chi connectivity index (χ2n) is 5.09. The average molecular weight is 327 g/mol. The van der Waals surface area contributed by atoms with Crippen molar-refractivity contribution in [2.24, 2.45) is 0 Å². The molecular weight excluding hydrogens is 313 g/mol. The molecule has 0 radical (unpaired) electrons. The first kappa shape index (κ1) is 15.5. The summed E-state index contributed by atoms with van der Waals surface area (Å²) in [6.07, 6.45) is 2.43. The monoisotopic (exact) mass is 327 g/mol. The number of thioether (sulfide) groups is 1. The molecule has 0 N–H and O–H groups in total. The Morgan fingerprint density at radius 2 is 1.87 bits per heavy atom. The van der Waals surface area contributed by atoms with E-state index >= 15 is 0 Å². The number of carbonyl (C=O) groups is 2. The van der Waals surface area contributed by atoms with Crippen molar-refractivity contribution in [2.75, 3.05) is 4.90 Å². The molecule has 0 aliphatic carbocycles. The van der Waals surface area contributed by atoms with Crippen molar-refractivity contribution >= 4 is 34.7 Å². The van der Waals surface area contributed by atoms with Gasteiger partial charge in [-0.3, -0.25) is 9.59 Å². The Hall–Kier alpha value is -2.40. The number of rotatable bonds is 3. The normalized spacial score (nSPS) is 16.4. The molecule has 1 fully saturated rings. The highest BCUT2D eigenvalue weighted by molar-refractivity contribution is 8.19. The van der Waals surface area contributed by atoms with Crippen LogP contribution in [0.1, 0.15) is 18.1 Å². The number of aryl methyl sites for hydroxylation is 1. The molecule has 23 heavy (non-hydrogen) atoms. The molecule has 2 aromatic carbocycles. The standard InChI is InChI=1S/C18H14FNO2S/c1-2-12-6-8-15(9-7-12)20-17(21)16(23-18(20)22)11-13-4-3-5-14(19)10-13/h3-11H,2H2,1H3/b16-11-. The van der Waals surface area contributed by atoms with Crippen LogP contribution < -0.4 is 4.90 Å². The van der Waals surface area contributed by atoms with Gasteiger partial charge in [-0.2, -0.15) is 0 Å². The van der Waals surface area contributed by atoms with Gasteiger partial charge in [-0.25, -0.2) is 9.29 Å². The number of anilines is 1. The molecular formula is C18H14FNO2S. The molecule has 3 rings (SSSR count). The SMILES string of the molecule is CCc1ccc(N2C(=O)S/C(=C\c3cccc(F)c3)C2=O)cc1. The Morgan fingerprint density at radius 1 is 1.13 bits per heavy atom. The molecule has 1 aliphatic heterocycles. The predicted molar refractivity (Wildman–Crippen MR) is 90.7 cm³/mol. The maximum Gasteiger partial charge on any atom is 0.298 e. The van der Waals surface area contributed by atoms with Crippen LogP contribution in [-0.4, -0.2) is 11.1 Å². The zero-order valence-electron chi connectivity index (χ0n) is 12.5. The lowest BCUT2D eigenvalue weighted by Gasteiger charge is -2.12. The van der Waals surface area contributed by atoms with Crippen LogP contribution in [0.4, 0.5) is 14.9 Å². The molecule has 1 heterocycles. The number of imide groups is 1. The molecule has 0 unspecified atom stereocenters. The van der Waals surface area contributed by atoms with Crippen molar-refractivity contribution in [3.05, 3.63) is 70.4 Å². The summed E-state index contributed by atoms with van der Waals surface area (Å²) in [5, 5.41) is -0.345. The van der Waals surface area contributed by atoms with Gasteiger partial charge in [-0.05, 0) is 59.7 Å². The summed E-state index contributed by atoms with van der Waals surface area (Å²) in [4.78, 5) is 26.1. The maximum absolute atomic E-state index is 13.2. The van der Waals surface area contributed by atoms with Gasteiger partial charge in [0.05, 0.1) is 10.6 Å². The lowest BCUT2D eigenvalue weighted by Crippen LogP contribution is -2.27. The van der Waals surface area contributed by atoms with Gasteiger partial charge >= 0.3 is 0 Å². The molecule has 1 aliphatic rings.